The van der Waals surface area contributed by atoms with E-state index in [2.05, 4.69) is 33.4 Å². The molecule has 3 rings (SSSR count). The highest BCUT2D eigenvalue weighted by molar-refractivity contribution is 9.10. The van der Waals surface area contributed by atoms with Crippen molar-refractivity contribution in [2.24, 2.45) is 5.92 Å². The van der Waals surface area contributed by atoms with Crippen molar-refractivity contribution in [3.05, 3.63) is 28.2 Å². The Hall–Kier alpha value is -0.580. The number of hydrogen-bond donors (Lipinski definition) is 1. The van der Waals surface area contributed by atoms with Crippen LogP contribution >= 0.6 is 15.9 Å². The number of nitrogens with one attached hydrogen (secondary N) is 1. The van der Waals surface area contributed by atoms with Crippen LogP contribution in [0.1, 0.15) is 30.9 Å². The molecular formula is C15H20BrNO2. The van der Waals surface area contributed by atoms with Crippen molar-refractivity contribution in [2.75, 3.05) is 20.3 Å². The summed E-state index contributed by atoms with van der Waals surface area (Å²) in [6.45, 7) is 1.75. The summed E-state index contributed by atoms with van der Waals surface area (Å²) in [6.07, 6.45) is 3.66. The monoisotopic (exact) mass is 325 g/mol. The molecular weight excluding hydrogens is 306 g/mol. The van der Waals surface area contributed by atoms with E-state index in [0.717, 1.165) is 36.3 Å². The van der Waals surface area contributed by atoms with E-state index < -0.39 is 0 Å². The molecule has 19 heavy (non-hydrogen) atoms. The molecule has 0 amide bonds. The maximum atomic E-state index is 6.22. The average molecular weight is 326 g/mol. The van der Waals surface area contributed by atoms with Crippen LogP contribution in [-0.4, -0.2) is 26.4 Å². The van der Waals surface area contributed by atoms with E-state index in [1.165, 1.54) is 12.0 Å². The van der Waals surface area contributed by atoms with Crippen LogP contribution in [0.25, 0.3) is 0 Å². The van der Waals surface area contributed by atoms with Crippen LogP contribution in [0.15, 0.2) is 22.7 Å². The molecule has 0 bridgehead atoms. The van der Waals surface area contributed by atoms with Gasteiger partial charge in [-0.1, -0.05) is 15.9 Å². The first-order valence-electron chi connectivity index (χ1n) is 6.99. The van der Waals surface area contributed by atoms with Crippen LogP contribution in [0.3, 0.4) is 0 Å². The normalized spacial score (nSPS) is 30.5. The third-order valence-corrected chi connectivity index (χ3v) is 4.66. The Labute approximate surface area is 122 Å². The second kappa shape index (κ2) is 5.81. The molecule has 0 aromatic heterocycles. The fourth-order valence-corrected chi connectivity index (χ4v) is 3.47. The minimum Gasteiger partial charge on any atom is -0.490 e. The molecule has 104 valence electrons. The molecule has 2 heterocycles. The zero-order valence-corrected chi connectivity index (χ0v) is 12.8. The lowest BCUT2D eigenvalue weighted by atomic mass is 9.87. The molecule has 3 nitrogen and oxygen atoms in total. The first-order chi connectivity index (χ1) is 9.28. The van der Waals surface area contributed by atoms with Crippen LogP contribution < -0.4 is 10.1 Å². The summed E-state index contributed by atoms with van der Waals surface area (Å²) in [6, 6.07) is 6.64. The highest BCUT2D eigenvalue weighted by Gasteiger charge is 2.33. The number of rotatable bonds is 2. The fourth-order valence-electron chi connectivity index (χ4n) is 3.09. The molecule has 0 radical (unpaired) electrons. The van der Waals surface area contributed by atoms with E-state index in [1.807, 2.05) is 13.1 Å². The lowest BCUT2D eigenvalue weighted by molar-refractivity contribution is -0.0107. The number of halogens is 1. The molecule has 0 spiro atoms. The van der Waals surface area contributed by atoms with Gasteiger partial charge in [-0.3, -0.25) is 0 Å². The predicted molar refractivity (Wildman–Crippen MR) is 78.5 cm³/mol. The summed E-state index contributed by atoms with van der Waals surface area (Å²) in [5.41, 5.74) is 1.25. The molecule has 2 aliphatic heterocycles. The van der Waals surface area contributed by atoms with Gasteiger partial charge in [0.2, 0.25) is 0 Å². The molecule has 2 aliphatic rings. The van der Waals surface area contributed by atoms with Crippen LogP contribution in [0, 0.1) is 5.92 Å². The first kappa shape index (κ1) is 13.4. The summed E-state index contributed by atoms with van der Waals surface area (Å²) < 4.78 is 12.9. The third kappa shape index (κ3) is 2.81. The molecule has 0 aliphatic carbocycles. The molecule has 1 fully saturated rings. The Kier molecular flexibility index (Phi) is 4.10. The molecule has 3 atom stereocenters. The van der Waals surface area contributed by atoms with Crippen LogP contribution in [0.5, 0.6) is 5.75 Å². The minimum atomic E-state index is 0.270. The van der Waals surface area contributed by atoms with E-state index in [-0.39, 0.29) is 6.10 Å². The largest absolute Gasteiger partial charge is 0.490 e. The lowest BCUT2D eigenvalue weighted by Crippen LogP contribution is -2.39. The number of hydrogen-bond acceptors (Lipinski definition) is 3. The zero-order valence-electron chi connectivity index (χ0n) is 11.2. The summed E-state index contributed by atoms with van der Waals surface area (Å²) in [4.78, 5) is 0. The number of fused-ring (bicyclic) bond motifs is 1. The maximum absolute atomic E-state index is 6.22. The number of ether oxygens (including phenoxy) is 2. The molecule has 1 N–H and O–H groups in total. The van der Waals surface area contributed by atoms with Gasteiger partial charge in [-0.2, -0.15) is 0 Å². The SMILES string of the molecule is CNC1CC(C2CCCOC2)Oc2ccc(Br)cc21. The van der Waals surface area contributed by atoms with E-state index in [9.17, 15) is 0 Å². The van der Waals surface area contributed by atoms with Crippen molar-refractivity contribution in [1.29, 1.82) is 0 Å². The quantitative estimate of drug-likeness (QED) is 0.905. The maximum Gasteiger partial charge on any atom is 0.124 e. The highest BCUT2D eigenvalue weighted by atomic mass is 79.9. The van der Waals surface area contributed by atoms with E-state index in [4.69, 9.17) is 9.47 Å². The summed E-state index contributed by atoms with van der Waals surface area (Å²) in [7, 11) is 2.02. The Morgan fingerprint density at radius 2 is 2.26 bits per heavy atom. The van der Waals surface area contributed by atoms with Gasteiger partial charge in [0.15, 0.2) is 0 Å². The smallest absolute Gasteiger partial charge is 0.124 e. The van der Waals surface area contributed by atoms with E-state index >= 15 is 0 Å². The molecule has 1 saturated heterocycles. The second-order valence-corrected chi connectivity index (χ2v) is 6.31. The summed E-state index contributed by atoms with van der Waals surface area (Å²) in [5, 5.41) is 3.41. The lowest BCUT2D eigenvalue weighted by Gasteiger charge is -2.37. The van der Waals surface area contributed by atoms with Crippen LogP contribution in [0.2, 0.25) is 0 Å². The van der Waals surface area contributed by atoms with Crippen molar-refractivity contribution in [3.63, 3.8) is 0 Å². The molecule has 1 aromatic rings. The zero-order chi connectivity index (χ0) is 13.2. The predicted octanol–water partition coefficient (Wildman–Crippen LogP) is 3.29. The fraction of sp³-hybridized carbons (Fsp3) is 0.600. The Balaban J connectivity index is 1.83. The third-order valence-electron chi connectivity index (χ3n) is 4.16. The molecule has 0 saturated carbocycles. The van der Waals surface area contributed by atoms with E-state index in [1.54, 1.807) is 0 Å². The molecule has 1 aromatic carbocycles. The van der Waals surface area contributed by atoms with Gasteiger partial charge < -0.3 is 14.8 Å². The van der Waals surface area contributed by atoms with Gasteiger partial charge in [-0.05, 0) is 38.1 Å². The van der Waals surface area contributed by atoms with Crippen LogP contribution in [0.4, 0.5) is 0 Å². The highest BCUT2D eigenvalue weighted by Crippen LogP contribution is 2.39. The molecule has 4 heteroatoms. The van der Waals surface area contributed by atoms with Gasteiger partial charge in [0.25, 0.3) is 0 Å². The van der Waals surface area contributed by atoms with Gasteiger partial charge in [-0.25, -0.2) is 0 Å². The number of benzene rings is 1. The first-order valence-corrected chi connectivity index (χ1v) is 7.78. The van der Waals surface area contributed by atoms with Crippen molar-refractivity contribution in [3.8, 4) is 5.75 Å². The Morgan fingerprint density at radius 1 is 1.37 bits per heavy atom. The van der Waals surface area contributed by atoms with Gasteiger partial charge in [-0.15, -0.1) is 0 Å². The minimum absolute atomic E-state index is 0.270. The van der Waals surface area contributed by atoms with E-state index in [0.29, 0.717) is 12.0 Å². The van der Waals surface area contributed by atoms with Gasteiger partial charge in [0.05, 0.1) is 6.61 Å². The van der Waals surface area contributed by atoms with Crippen molar-refractivity contribution < 1.29 is 9.47 Å². The van der Waals surface area contributed by atoms with Gasteiger partial charge in [0, 0.05) is 35.0 Å². The summed E-state index contributed by atoms with van der Waals surface area (Å²) >= 11 is 3.54. The molecule has 3 unspecified atom stereocenters. The topological polar surface area (TPSA) is 30.5 Å². The van der Waals surface area contributed by atoms with Gasteiger partial charge >= 0.3 is 0 Å². The Morgan fingerprint density at radius 3 is 3.00 bits per heavy atom. The van der Waals surface area contributed by atoms with Crippen molar-refractivity contribution in [2.45, 2.75) is 31.4 Å². The standard InChI is InChI=1S/C15H20BrNO2/c1-17-13-8-15(10-3-2-6-18-9-10)19-14-5-4-11(16)7-12(13)14/h4-5,7,10,13,15,17H,2-3,6,8-9H2,1H3. The van der Waals surface area contributed by atoms with Crippen LogP contribution in [-0.2, 0) is 4.74 Å². The van der Waals surface area contributed by atoms with Gasteiger partial charge in [0.1, 0.15) is 11.9 Å². The van der Waals surface area contributed by atoms with Crippen molar-refractivity contribution >= 4 is 15.9 Å². The summed E-state index contributed by atoms with van der Waals surface area (Å²) in [5.74, 6) is 1.55. The average Bonchev–Trinajstić information content (AvgIpc) is 2.47. The van der Waals surface area contributed by atoms with Crippen molar-refractivity contribution in [1.82, 2.24) is 5.32 Å². The second-order valence-electron chi connectivity index (χ2n) is 5.39. The Bertz CT molecular complexity index is 446.